The number of likely N-dealkylation sites (tertiary alicyclic amines) is 1. The van der Waals surface area contributed by atoms with Crippen LogP contribution in [0, 0.1) is 5.92 Å². The molecular weight excluding hydrogens is 430 g/mol. The van der Waals surface area contributed by atoms with Crippen LogP contribution in [0.4, 0.5) is 0 Å². The molecule has 32 heavy (non-hydrogen) atoms. The lowest BCUT2D eigenvalue weighted by Crippen LogP contribution is -2.49. The highest BCUT2D eigenvalue weighted by Crippen LogP contribution is 2.35. The zero-order chi connectivity index (χ0) is 22.3. The minimum absolute atomic E-state index is 0.0936. The summed E-state index contributed by atoms with van der Waals surface area (Å²) in [5, 5.41) is 0. The molecule has 3 heterocycles. The summed E-state index contributed by atoms with van der Waals surface area (Å²) < 4.78 is 33.9. The number of hydrogen-bond acceptors (Lipinski definition) is 5. The van der Waals surface area contributed by atoms with Crippen LogP contribution in [0.5, 0.6) is 0 Å². The maximum Gasteiger partial charge on any atom is 0.419 e. The van der Waals surface area contributed by atoms with Crippen molar-refractivity contribution < 1.29 is 17.6 Å². The van der Waals surface area contributed by atoms with Gasteiger partial charge in [0.05, 0.1) is 10.4 Å². The van der Waals surface area contributed by atoms with Gasteiger partial charge in [-0.25, -0.2) is 13.2 Å². The van der Waals surface area contributed by atoms with E-state index in [4.69, 9.17) is 4.42 Å². The van der Waals surface area contributed by atoms with E-state index < -0.39 is 15.8 Å². The van der Waals surface area contributed by atoms with Gasteiger partial charge in [0.2, 0.25) is 15.9 Å². The summed E-state index contributed by atoms with van der Waals surface area (Å²) in [6, 6.07) is 4.92. The van der Waals surface area contributed by atoms with Gasteiger partial charge in [0.1, 0.15) is 0 Å². The van der Waals surface area contributed by atoms with Gasteiger partial charge in [0, 0.05) is 44.7 Å². The average Bonchev–Trinajstić information content (AvgIpc) is 3.45. The Kier molecular flexibility index (Phi) is 5.88. The van der Waals surface area contributed by atoms with E-state index in [2.05, 4.69) is 0 Å². The van der Waals surface area contributed by atoms with Crippen LogP contribution in [0.3, 0.4) is 0 Å². The molecule has 3 aliphatic rings. The van der Waals surface area contributed by atoms with Crippen molar-refractivity contribution in [1.82, 2.24) is 13.8 Å². The Morgan fingerprint density at radius 1 is 1.00 bits per heavy atom. The molecule has 0 bridgehead atoms. The first-order chi connectivity index (χ1) is 15.4. The normalized spacial score (nSPS) is 24.7. The highest BCUT2D eigenvalue weighted by Gasteiger charge is 2.35. The second-order valence-corrected chi connectivity index (χ2v) is 11.3. The molecule has 174 valence electrons. The topological polar surface area (TPSA) is 92.8 Å². The summed E-state index contributed by atoms with van der Waals surface area (Å²) in [5.41, 5.74) is 0.769. The third-order valence-electron chi connectivity index (χ3n) is 7.46. The third-order valence-corrected chi connectivity index (χ3v) is 9.35. The van der Waals surface area contributed by atoms with Crippen molar-refractivity contribution in [3.05, 3.63) is 28.7 Å². The molecule has 2 unspecified atom stereocenters. The smallest absolute Gasteiger partial charge is 0.408 e. The first kappa shape index (κ1) is 21.7. The molecular formula is C23H31N3O5S. The number of carbonyl (C=O) groups excluding carboxylic acids is 1. The van der Waals surface area contributed by atoms with E-state index in [1.165, 1.54) is 46.7 Å². The number of piperidine rings is 1. The van der Waals surface area contributed by atoms with E-state index in [0.29, 0.717) is 30.6 Å². The van der Waals surface area contributed by atoms with Crippen LogP contribution in [0.1, 0.15) is 57.8 Å². The minimum atomic E-state index is -3.58. The van der Waals surface area contributed by atoms with E-state index in [1.54, 1.807) is 6.07 Å². The summed E-state index contributed by atoms with van der Waals surface area (Å²) in [6.07, 6.45) is 8.96. The predicted octanol–water partition coefficient (Wildman–Crippen LogP) is 2.95. The number of benzene rings is 1. The van der Waals surface area contributed by atoms with Crippen LogP contribution in [-0.4, -0.2) is 53.8 Å². The molecule has 9 heteroatoms. The number of nitrogens with zero attached hydrogens (tertiary/aromatic N) is 3. The van der Waals surface area contributed by atoms with Crippen LogP contribution in [0.25, 0.3) is 11.1 Å². The van der Waals surface area contributed by atoms with Crippen molar-refractivity contribution >= 4 is 27.0 Å². The van der Waals surface area contributed by atoms with Crippen LogP contribution in [0.15, 0.2) is 32.3 Å². The Morgan fingerprint density at radius 2 is 1.75 bits per heavy atom. The van der Waals surface area contributed by atoms with E-state index in [-0.39, 0.29) is 29.4 Å². The molecule has 2 aliphatic heterocycles. The van der Waals surface area contributed by atoms with E-state index in [9.17, 15) is 18.0 Å². The summed E-state index contributed by atoms with van der Waals surface area (Å²) in [7, 11) is -3.58. The quantitative estimate of drug-likeness (QED) is 0.683. The molecule has 1 aromatic carbocycles. The van der Waals surface area contributed by atoms with Crippen LogP contribution in [-0.2, 0) is 21.4 Å². The van der Waals surface area contributed by atoms with E-state index in [1.807, 2.05) is 4.90 Å². The number of aryl methyl sites for hydroxylation is 1. The number of amides is 1. The molecule has 2 saturated heterocycles. The maximum atomic E-state index is 13.0. The Hall–Kier alpha value is -2.13. The lowest BCUT2D eigenvalue weighted by atomic mass is 9.78. The summed E-state index contributed by atoms with van der Waals surface area (Å²) in [4.78, 5) is 27.7. The lowest BCUT2D eigenvalue weighted by Gasteiger charge is -2.44. The number of carbonyl (C=O) groups is 1. The number of aromatic nitrogens is 1. The van der Waals surface area contributed by atoms with Crippen molar-refractivity contribution in [1.29, 1.82) is 0 Å². The fourth-order valence-corrected chi connectivity index (χ4v) is 7.31. The van der Waals surface area contributed by atoms with Crippen LogP contribution in [0.2, 0.25) is 0 Å². The predicted molar refractivity (Wildman–Crippen MR) is 120 cm³/mol. The first-order valence-corrected chi connectivity index (χ1v) is 13.3. The fraction of sp³-hybridized carbons (Fsp3) is 0.652. The summed E-state index contributed by atoms with van der Waals surface area (Å²) in [5.74, 6) is 0.156. The van der Waals surface area contributed by atoms with Gasteiger partial charge >= 0.3 is 5.76 Å². The molecule has 2 aromatic rings. The highest BCUT2D eigenvalue weighted by molar-refractivity contribution is 7.89. The molecule has 1 saturated carbocycles. The average molecular weight is 462 g/mol. The minimum Gasteiger partial charge on any atom is -0.408 e. The zero-order valence-electron chi connectivity index (χ0n) is 18.4. The Morgan fingerprint density at radius 3 is 2.56 bits per heavy atom. The van der Waals surface area contributed by atoms with Gasteiger partial charge < -0.3 is 9.32 Å². The van der Waals surface area contributed by atoms with Gasteiger partial charge in [0.15, 0.2) is 5.58 Å². The van der Waals surface area contributed by atoms with Gasteiger partial charge in [-0.15, -0.1) is 0 Å². The SMILES string of the molecule is O=C(CCn1c(=O)oc2cc(S(=O)(=O)N3CCCC3)ccc21)N1CCCC2CCCCC21. The molecule has 0 radical (unpaired) electrons. The fourth-order valence-electron chi connectivity index (χ4n) is 5.78. The standard InChI is InChI=1S/C23H31N3O5S/c27-22(25-14-5-7-17-6-1-2-8-19(17)25)11-15-26-20-10-9-18(16-21(20)31-23(26)28)32(29,30)24-12-3-4-13-24/h9-10,16-17,19H,1-8,11-15H2. The Labute approximate surface area is 188 Å². The van der Waals surface area contributed by atoms with Gasteiger partial charge in [-0.1, -0.05) is 12.8 Å². The van der Waals surface area contributed by atoms with Crippen molar-refractivity contribution in [2.75, 3.05) is 19.6 Å². The summed E-state index contributed by atoms with van der Waals surface area (Å²) >= 11 is 0. The number of fused-ring (bicyclic) bond motifs is 2. The van der Waals surface area contributed by atoms with Crippen molar-refractivity contribution in [2.24, 2.45) is 5.92 Å². The van der Waals surface area contributed by atoms with E-state index in [0.717, 1.165) is 32.2 Å². The van der Waals surface area contributed by atoms with Crippen molar-refractivity contribution in [3.63, 3.8) is 0 Å². The molecule has 1 amide bonds. The second kappa shape index (κ2) is 8.67. The largest absolute Gasteiger partial charge is 0.419 e. The van der Waals surface area contributed by atoms with Gasteiger partial charge in [-0.2, -0.15) is 4.31 Å². The molecule has 0 spiro atoms. The number of hydrogen-bond donors (Lipinski definition) is 0. The monoisotopic (exact) mass is 461 g/mol. The van der Waals surface area contributed by atoms with Crippen LogP contribution >= 0.6 is 0 Å². The van der Waals surface area contributed by atoms with Crippen molar-refractivity contribution in [2.45, 2.75) is 75.3 Å². The Bertz CT molecular complexity index is 1160. The van der Waals surface area contributed by atoms with Crippen LogP contribution < -0.4 is 5.76 Å². The maximum absolute atomic E-state index is 13.0. The molecule has 5 rings (SSSR count). The third kappa shape index (κ3) is 3.90. The number of sulfonamides is 1. The zero-order valence-corrected chi connectivity index (χ0v) is 19.2. The van der Waals surface area contributed by atoms with E-state index >= 15 is 0 Å². The first-order valence-electron chi connectivity index (χ1n) is 11.9. The number of oxazole rings is 1. The molecule has 1 aromatic heterocycles. The van der Waals surface area contributed by atoms with Crippen molar-refractivity contribution in [3.8, 4) is 0 Å². The second-order valence-electron chi connectivity index (χ2n) is 9.35. The highest BCUT2D eigenvalue weighted by atomic mass is 32.2. The molecule has 3 fully saturated rings. The van der Waals surface area contributed by atoms with Gasteiger partial charge in [0.25, 0.3) is 0 Å². The van der Waals surface area contributed by atoms with Gasteiger partial charge in [-0.3, -0.25) is 9.36 Å². The van der Waals surface area contributed by atoms with Gasteiger partial charge in [-0.05, 0) is 56.6 Å². The molecule has 1 aliphatic carbocycles. The Balaban J connectivity index is 1.33. The lowest BCUT2D eigenvalue weighted by molar-refractivity contribution is -0.137. The molecule has 0 N–H and O–H groups in total. The molecule has 2 atom stereocenters. The molecule has 8 nitrogen and oxygen atoms in total. The number of rotatable bonds is 5. The summed E-state index contributed by atoms with van der Waals surface area (Å²) in [6.45, 7) is 2.08.